The molecule has 0 aliphatic carbocycles. The summed E-state index contributed by atoms with van der Waals surface area (Å²) in [5.74, 6) is 2.36. The van der Waals surface area contributed by atoms with Gasteiger partial charge in [0.1, 0.15) is 23.1 Å². The molecule has 0 bridgehead atoms. The van der Waals surface area contributed by atoms with E-state index < -0.39 is 6.09 Å². The zero-order chi connectivity index (χ0) is 23.5. The maximum absolute atomic E-state index is 12.1. The molecule has 170 valence electrons. The second-order valence-corrected chi connectivity index (χ2v) is 9.48. The zero-order valence-electron chi connectivity index (χ0n) is 17.5. The standard InChI is InChI=1S/C25H17Cl2N3O3S/c26-19-3-1-2-4-22(19)32-16-7-5-15(6-8-16)24-29-20-11-9-17(13-21(20)30-24)33-25(31)28-14-18-10-12-23(27)34-18/h1-13H,14H2,(H,28,31)(H,29,30). The Hall–Kier alpha value is -3.52. The van der Waals surface area contributed by atoms with Gasteiger partial charge in [-0.3, -0.25) is 0 Å². The third-order valence-corrected chi connectivity index (χ3v) is 6.44. The maximum Gasteiger partial charge on any atom is 0.412 e. The normalized spacial score (nSPS) is 10.9. The lowest BCUT2D eigenvalue weighted by Crippen LogP contribution is -2.25. The molecule has 0 atom stereocenters. The van der Waals surface area contributed by atoms with Crippen LogP contribution in [0.1, 0.15) is 4.88 Å². The first-order valence-electron chi connectivity index (χ1n) is 10.3. The number of fused-ring (bicyclic) bond motifs is 1. The van der Waals surface area contributed by atoms with E-state index >= 15 is 0 Å². The van der Waals surface area contributed by atoms with Gasteiger partial charge in [0.15, 0.2) is 0 Å². The van der Waals surface area contributed by atoms with Crippen molar-refractivity contribution in [3.8, 4) is 28.6 Å². The van der Waals surface area contributed by atoms with E-state index in [4.69, 9.17) is 32.7 Å². The molecule has 0 saturated carbocycles. The molecule has 0 aliphatic heterocycles. The molecule has 6 nitrogen and oxygen atoms in total. The maximum atomic E-state index is 12.1. The highest BCUT2D eigenvalue weighted by Crippen LogP contribution is 2.30. The van der Waals surface area contributed by atoms with E-state index in [0.29, 0.717) is 39.0 Å². The van der Waals surface area contributed by atoms with E-state index in [0.717, 1.165) is 21.5 Å². The van der Waals surface area contributed by atoms with Crippen LogP contribution < -0.4 is 14.8 Å². The number of nitrogens with one attached hydrogen (secondary N) is 2. The molecule has 0 fully saturated rings. The molecule has 5 rings (SSSR count). The van der Waals surface area contributed by atoms with Crippen LogP contribution in [0.25, 0.3) is 22.4 Å². The number of hydrogen-bond acceptors (Lipinski definition) is 5. The summed E-state index contributed by atoms with van der Waals surface area (Å²) in [4.78, 5) is 21.0. The minimum Gasteiger partial charge on any atom is -0.456 e. The second-order valence-electron chi connectivity index (χ2n) is 7.27. The predicted molar refractivity (Wildman–Crippen MR) is 135 cm³/mol. The van der Waals surface area contributed by atoms with Gasteiger partial charge in [-0.1, -0.05) is 35.3 Å². The number of ether oxygens (including phenoxy) is 2. The molecular formula is C25H17Cl2N3O3S. The lowest BCUT2D eigenvalue weighted by molar-refractivity contribution is 0.200. The Kier molecular flexibility index (Phi) is 6.40. The van der Waals surface area contributed by atoms with Crippen LogP contribution in [-0.2, 0) is 6.54 Å². The number of carbonyl (C=O) groups is 1. The van der Waals surface area contributed by atoms with E-state index in [1.807, 2.05) is 48.5 Å². The topological polar surface area (TPSA) is 76.2 Å². The van der Waals surface area contributed by atoms with Crippen molar-refractivity contribution >= 4 is 51.7 Å². The fourth-order valence-corrected chi connectivity index (χ4v) is 4.47. The molecule has 3 aromatic carbocycles. The van der Waals surface area contributed by atoms with Crippen molar-refractivity contribution in [3.63, 3.8) is 0 Å². The van der Waals surface area contributed by atoms with Gasteiger partial charge in [0.25, 0.3) is 0 Å². The van der Waals surface area contributed by atoms with E-state index in [1.165, 1.54) is 11.3 Å². The molecule has 9 heteroatoms. The first kappa shape index (κ1) is 22.3. The monoisotopic (exact) mass is 509 g/mol. The van der Waals surface area contributed by atoms with Crippen molar-refractivity contribution in [2.24, 2.45) is 0 Å². The molecule has 0 spiro atoms. The lowest BCUT2D eigenvalue weighted by atomic mass is 10.2. The number of H-pyrrole nitrogens is 1. The van der Waals surface area contributed by atoms with Crippen LogP contribution in [-0.4, -0.2) is 16.1 Å². The summed E-state index contributed by atoms with van der Waals surface area (Å²) >= 11 is 13.5. The molecule has 2 heterocycles. The van der Waals surface area contributed by atoms with Crippen LogP contribution in [0.15, 0.2) is 78.9 Å². The van der Waals surface area contributed by atoms with Gasteiger partial charge in [-0.15, -0.1) is 11.3 Å². The predicted octanol–water partition coefficient (Wildman–Crippen LogP) is 7.68. The molecule has 0 radical (unpaired) electrons. The summed E-state index contributed by atoms with van der Waals surface area (Å²) < 4.78 is 11.9. The number of hydrogen-bond donors (Lipinski definition) is 2. The first-order chi connectivity index (χ1) is 16.5. The second kappa shape index (κ2) is 9.77. The van der Waals surface area contributed by atoms with Gasteiger partial charge < -0.3 is 19.8 Å². The molecule has 0 aliphatic rings. The van der Waals surface area contributed by atoms with Crippen molar-refractivity contribution in [2.45, 2.75) is 6.54 Å². The summed E-state index contributed by atoms with van der Waals surface area (Å²) in [5.41, 5.74) is 2.40. The number of nitrogens with zero attached hydrogens (tertiary/aromatic N) is 1. The van der Waals surface area contributed by atoms with Crippen LogP contribution >= 0.6 is 34.5 Å². The van der Waals surface area contributed by atoms with Gasteiger partial charge in [-0.05, 0) is 60.7 Å². The third kappa shape index (κ3) is 5.17. The van der Waals surface area contributed by atoms with Crippen molar-refractivity contribution < 1.29 is 14.3 Å². The summed E-state index contributed by atoms with van der Waals surface area (Å²) in [6.07, 6.45) is -0.544. The highest BCUT2D eigenvalue weighted by atomic mass is 35.5. The number of rotatable bonds is 6. The quantitative estimate of drug-likeness (QED) is 0.246. The highest BCUT2D eigenvalue weighted by Gasteiger charge is 2.10. The van der Waals surface area contributed by atoms with Crippen LogP contribution in [0.2, 0.25) is 9.36 Å². The van der Waals surface area contributed by atoms with E-state index in [-0.39, 0.29) is 0 Å². The summed E-state index contributed by atoms with van der Waals surface area (Å²) in [6.45, 7) is 0.350. The Bertz CT molecular complexity index is 1460. The van der Waals surface area contributed by atoms with Crippen LogP contribution in [0, 0.1) is 0 Å². The summed E-state index contributed by atoms with van der Waals surface area (Å²) in [7, 11) is 0. The fourth-order valence-electron chi connectivity index (χ4n) is 3.27. The Morgan fingerprint density at radius 1 is 0.971 bits per heavy atom. The Labute approximate surface area is 209 Å². The van der Waals surface area contributed by atoms with E-state index in [9.17, 15) is 4.79 Å². The van der Waals surface area contributed by atoms with Gasteiger partial charge in [-0.2, -0.15) is 0 Å². The van der Waals surface area contributed by atoms with Gasteiger partial charge in [0.05, 0.1) is 26.9 Å². The molecule has 5 aromatic rings. The molecule has 0 saturated heterocycles. The number of halogens is 2. The molecule has 0 unspecified atom stereocenters. The largest absolute Gasteiger partial charge is 0.456 e. The molecule has 2 N–H and O–H groups in total. The fraction of sp³-hybridized carbons (Fsp3) is 0.0400. The Morgan fingerprint density at radius 3 is 2.53 bits per heavy atom. The van der Waals surface area contributed by atoms with Crippen molar-refractivity contribution in [2.75, 3.05) is 0 Å². The smallest absolute Gasteiger partial charge is 0.412 e. The van der Waals surface area contributed by atoms with Crippen molar-refractivity contribution in [3.05, 3.63) is 93.1 Å². The Morgan fingerprint density at radius 2 is 1.76 bits per heavy atom. The van der Waals surface area contributed by atoms with Crippen molar-refractivity contribution in [1.82, 2.24) is 15.3 Å². The highest BCUT2D eigenvalue weighted by molar-refractivity contribution is 7.16. The van der Waals surface area contributed by atoms with Crippen LogP contribution in [0.4, 0.5) is 4.79 Å². The summed E-state index contributed by atoms with van der Waals surface area (Å²) in [5, 5.41) is 3.26. The number of benzene rings is 3. The first-order valence-corrected chi connectivity index (χ1v) is 11.8. The van der Waals surface area contributed by atoms with Gasteiger partial charge >= 0.3 is 6.09 Å². The number of imidazole rings is 1. The Balaban J connectivity index is 1.26. The number of carbonyl (C=O) groups excluding carboxylic acids is 1. The average molecular weight is 510 g/mol. The molecular weight excluding hydrogens is 493 g/mol. The summed E-state index contributed by atoms with van der Waals surface area (Å²) in [6, 6.07) is 23.7. The van der Waals surface area contributed by atoms with Crippen LogP contribution in [0.5, 0.6) is 17.2 Å². The van der Waals surface area contributed by atoms with Crippen LogP contribution in [0.3, 0.4) is 0 Å². The minimum atomic E-state index is -0.544. The van der Waals surface area contributed by atoms with Gasteiger partial charge in [0.2, 0.25) is 0 Å². The zero-order valence-corrected chi connectivity index (χ0v) is 19.9. The van der Waals surface area contributed by atoms with E-state index in [2.05, 4.69) is 15.3 Å². The van der Waals surface area contributed by atoms with Crippen molar-refractivity contribution in [1.29, 1.82) is 0 Å². The molecule has 34 heavy (non-hydrogen) atoms. The van der Waals surface area contributed by atoms with E-state index in [1.54, 1.807) is 30.3 Å². The number of para-hydroxylation sites is 1. The average Bonchev–Trinajstić information content (AvgIpc) is 3.45. The SMILES string of the molecule is O=C(NCc1ccc(Cl)s1)Oc1ccc2nc(-c3ccc(Oc4ccccc4Cl)cc3)[nH]c2c1. The number of aromatic nitrogens is 2. The number of amides is 1. The minimum absolute atomic E-state index is 0.350. The van der Waals surface area contributed by atoms with Gasteiger partial charge in [-0.25, -0.2) is 9.78 Å². The number of thiophene rings is 1. The lowest BCUT2D eigenvalue weighted by Gasteiger charge is -2.07. The number of aromatic amines is 1. The van der Waals surface area contributed by atoms with Gasteiger partial charge in [0, 0.05) is 16.5 Å². The molecule has 1 amide bonds. The third-order valence-electron chi connectivity index (χ3n) is 4.89. The molecule has 2 aromatic heterocycles.